The minimum atomic E-state index is -0.217. The molecule has 0 aliphatic rings. The highest BCUT2D eigenvalue weighted by atomic mass is 16.5. The third kappa shape index (κ3) is 5.22. The van der Waals surface area contributed by atoms with Crippen molar-refractivity contribution in [3.8, 4) is 11.4 Å². The molecule has 4 rings (SSSR count). The van der Waals surface area contributed by atoms with Gasteiger partial charge < -0.3 is 10.1 Å². The van der Waals surface area contributed by atoms with Crippen LogP contribution < -0.4 is 10.1 Å². The molecule has 3 aromatic carbocycles. The Morgan fingerprint density at radius 2 is 1.67 bits per heavy atom. The van der Waals surface area contributed by atoms with Gasteiger partial charge in [-0.25, -0.2) is 0 Å². The van der Waals surface area contributed by atoms with E-state index < -0.39 is 0 Å². The number of ether oxygens (including phenoxy) is 1. The number of hydrogen-bond donors (Lipinski definition) is 1. The third-order valence-electron chi connectivity index (χ3n) is 6.01. The van der Waals surface area contributed by atoms with Crippen LogP contribution in [0.15, 0.2) is 60.7 Å². The molecule has 6 heteroatoms. The zero-order valence-electron chi connectivity index (χ0n) is 19.6. The van der Waals surface area contributed by atoms with Crippen molar-refractivity contribution in [2.24, 2.45) is 0 Å². The maximum Gasteiger partial charge on any atom is 0.262 e. The summed E-state index contributed by atoms with van der Waals surface area (Å²) in [5.41, 5.74) is 6.57. The highest BCUT2D eigenvalue weighted by Gasteiger charge is 2.12. The number of carbonyl (C=O) groups is 1. The van der Waals surface area contributed by atoms with Gasteiger partial charge in [0.25, 0.3) is 5.91 Å². The summed E-state index contributed by atoms with van der Waals surface area (Å²) in [4.78, 5) is 14.1. The van der Waals surface area contributed by atoms with Crippen LogP contribution in [0.1, 0.15) is 49.8 Å². The standard InChI is InChI=1S/C27H30N4O2/c1-5-18(3)21-9-13-23(14-10-21)33-17-27(32)28-24-16-26-25(15-19(24)4)29-31(30-26)22-11-7-20(6-2)8-12-22/h7-16,18H,5-6,17H2,1-4H3,(H,28,32)/t18-/m0/s1. The van der Waals surface area contributed by atoms with Gasteiger partial charge in [0, 0.05) is 5.69 Å². The molecule has 0 saturated carbocycles. The second kappa shape index (κ2) is 9.86. The van der Waals surface area contributed by atoms with Crippen LogP contribution in [0.5, 0.6) is 5.75 Å². The van der Waals surface area contributed by atoms with E-state index >= 15 is 0 Å². The number of hydrogen-bond acceptors (Lipinski definition) is 4. The summed E-state index contributed by atoms with van der Waals surface area (Å²) in [5.74, 6) is 0.973. The first-order chi connectivity index (χ1) is 16.0. The van der Waals surface area contributed by atoms with Crippen LogP contribution in [0.25, 0.3) is 16.7 Å². The average molecular weight is 443 g/mol. The first kappa shape index (κ1) is 22.5. The van der Waals surface area contributed by atoms with Gasteiger partial charge >= 0.3 is 0 Å². The van der Waals surface area contributed by atoms with Crippen LogP contribution in [0, 0.1) is 6.92 Å². The molecule has 0 unspecified atom stereocenters. The molecule has 0 saturated heterocycles. The van der Waals surface area contributed by atoms with Crippen molar-refractivity contribution in [1.82, 2.24) is 15.0 Å². The Labute approximate surface area is 194 Å². The molecule has 0 aliphatic heterocycles. The van der Waals surface area contributed by atoms with Crippen molar-refractivity contribution < 1.29 is 9.53 Å². The Kier molecular flexibility index (Phi) is 6.73. The first-order valence-electron chi connectivity index (χ1n) is 11.5. The monoisotopic (exact) mass is 442 g/mol. The maximum atomic E-state index is 12.5. The van der Waals surface area contributed by atoms with Crippen molar-refractivity contribution in [2.45, 2.75) is 46.5 Å². The average Bonchev–Trinajstić information content (AvgIpc) is 3.25. The third-order valence-corrected chi connectivity index (χ3v) is 6.01. The lowest BCUT2D eigenvalue weighted by Crippen LogP contribution is -2.20. The number of aromatic nitrogens is 3. The van der Waals surface area contributed by atoms with Crippen LogP contribution in [0.3, 0.4) is 0 Å². The summed E-state index contributed by atoms with van der Waals surface area (Å²) in [7, 11) is 0. The highest BCUT2D eigenvalue weighted by Crippen LogP contribution is 2.23. The zero-order chi connectivity index (χ0) is 23.4. The van der Waals surface area contributed by atoms with Crippen LogP contribution in [-0.2, 0) is 11.2 Å². The normalized spacial score (nSPS) is 12.0. The lowest BCUT2D eigenvalue weighted by Gasteiger charge is -2.11. The summed E-state index contributed by atoms with van der Waals surface area (Å²) < 4.78 is 5.67. The first-order valence-corrected chi connectivity index (χ1v) is 11.5. The minimum Gasteiger partial charge on any atom is -0.484 e. The minimum absolute atomic E-state index is 0.0589. The van der Waals surface area contributed by atoms with E-state index in [0.29, 0.717) is 17.4 Å². The maximum absolute atomic E-state index is 12.5. The van der Waals surface area contributed by atoms with Crippen molar-refractivity contribution in [1.29, 1.82) is 0 Å². The number of nitrogens with one attached hydrogen (secondary N) is 1. The van der Waals surface area contributed by atoms with E-state index in [1.807, 2.05) is 43.3 Å². The number of aryl methyl sites for hydroxylation is 2. The molecular weight excluding hydrogens is 412 g/mol. The summed E-state index contributed by atoms with van der Waals surface area (Å²) >= 11 is 0. The van der Waals surface area contributed by atoms with E-state index in [9.17, 15) is 4.79 Å². The Bertz CT molecular complexity index is 1240. The lowest BCUT2D eigenvalue weighted by molar-refractivity contribution is -0.118. The topological polar surface area (TPSA) is 69.0 Å². The number of fused-ring (bicyclic) bond motifs is 1. The molecule has 1 N–H and O–H groups in total. The van der Waals surface area contributed by atoms with Crippen LogP contribution in [-0.4, -0.2) is 27.5 Å². The Morgan fingerprint density at radius 1 is 1.00 bits per heavy atom. The predicted molar refractivity (Wildman–Crippen MR) is 132 cm³/mol. The number of amides is 1. The molecule has 0 fully saturated rings. The Hall–Kier alpha value is -3.67. The molecular formula is C27H30N4O2. The molecule has 1 aromatic heterocycles. The largest absolute Gasteiger partial charge is 0.484 e. The van der Waals surface area contributed by atoms with E-state index in [1.165, 1.54) is 11.1 Å². The van der Waals surface area contributed by atoms with Gasteiger partial charge in [-0.2, -0.15) is 4.80 Å². The molecule has 0 aliphatic carbocycles. The van der Waals surface area contributed by atoms with Gasteiger partial charge in [0.15, 0.2) is 6.61 Å². The molecule has 0 radical (unpaired) electrons. The summed E-state index contributed by atoms with van der Waals surface area (Å²) in [5, 5.41) is 12.1. The fourth-order valence-electron chi connectivity index (χ4n) is 3.65. The van der Waals surface area contributed by atoms with Crippen LogP contribution >= 0.6 is 0 Å². The number of carbonyl (C=O) groups excluding carboxylic acids is 1. The number of nitrogens with zero attached hydrogens (tertiary/aromatic N) is 3. The quantitative estimate of drug-likeness (QED) is 0.373. The van der Waals surface area contributed by atoms with E-state index in [-0.39, 0.29) is 12.5 Å². The van der Waals surface area contributed by atoms with Gasteiger partial charge in [0.1, 0.15) is 16.8 Å². The SMILES string of the molecule is CCc1ccc(-n2nc3cc(C)c(NC(=O)COc4ccc([C@@H](C)CC)cc4)cc3n2)cc1. The van der Waals surface area contributed by atoms with Crippen molar-refractivity contribution in [3.63, 3.8) is 0 Å². The van der Waals surface area contributed by atoms with E-state index in [1.54, 1.807) is 4.80 Å². The molecule has 170 valence electrons. The smallest absolute Gasteiger partial charge is 0.262 e. The highest BCUT2D eigenvalue weighted by molar-refractivity contribution is 5.95. The molecule has 1 atom stereocenters. The molecule has 4 aromatic rings. The zero-order valence-corrected chi connectivity index (χ0v) is 19.6. The molecule has 1 amide bonds. The van der Waals surface area contributed by atoms with E-state index in [4.69, 9.17) is 4.74 Å². The predicted octanol–water partition coefficient (Wildman–Crippen LogP) is 5.82. The second-order valence-electron chi connectivity index (χ2n) is 8.38. The number of benzene rings is 3. The van der Waals surface area contributed by atoms with Crippen LogP contribution in [0.2, 0.25) is 0 Å². The summed E-state index contributed by atoms with van der Waals surface area (Å²) in [6.07, 6.45) is 2.08. The van der Waals surface area contributed by atoms with Gasteiger partial charge in [0.05, 0.1) is 5.69 Å². The van der Waals surface area contributed by atoms with Gasteiger partial charge in [0.2, 0.25) is 0 Å². The number of rotatable bonds is 8. The number of anilines is 1. The fraction of sp³-hybridized carbons (Fsp3) is 0.296. The molecule has 33 heavy (non-hydrogen) atoms. The molecule has 6 nitrogen and oxygen atoms in total. The Morgan fingerprint density at radius 3 is 2.30 bits per heavy atom. The van der Waals surface area contributed by atoms with E-state index in [0.717, 1.165) is 35.1 Å². The summed E-state index contributed by atoms with van der Waals surface area (Å²) in [6, 6.07) is 19.9. The second-order valence-corrected chi connectivity index (χ2v) is 8.38. The molecule has 0 bridgehead atoms. The lowest BCUT2D eigenvalue weighted by atomic mass is 9.99. The van der Waals surface area contributed by atoms with Gasteiger partial charge in [-0.1, -0.05) is 45.0 Å². The van der Waals surface area contributed by atoms with Crippen molar-refractivity contribution in [3.05, 3.63) is 77.4 Å². The molecule has 0 spiro atoms. The summed E-state index contributed by atoms with van der Waals surface area (Å²) in [6.45, 7) is 8.38. The van der Waals surface area contributed by atoms with Gasteiger partial charge in [-0.15, -0.1) is 10.2 Å². The van der Waals surface area contributed by atoms with Gasteiger partial charge in [-0.3, -0.25) is 4.79 Å². The van der Waals surface area contributed by atoms with Gasteiger partial charge in [-0.05, 0) is 78.8 Å². The fourth-order valence-corrected chi connectivity index (χ4v) is 3.65. The van der Waals surface area contributed by atoms with Crippen molar-refractivity contribution >= 4 is 22.6 Å². The van der Waals surface area contributed by atoms with Crippen molar-refractivity contribution in [2.75, 3.05) is 11.9 Å². The van der Waals surface area contributed by atoms with E-state index in [2.05, 4.69) is 60.6 Å². The Balaban J connectivity index is 1.43. The molecule has 1 heterocycles. The van der Waals surface area contributed by atoms with Crippen LogP contribution in [0.4, 0.5) is 5.69 Å².